The van der Waals surface area contributed by atoms with Crippen molar-refractivity contribution < 1.29 is 4.39 Å². The monoisotopic (exact) mass is 1130 g/mol. The van der Waals surface area contributed by atoms with Gasteiger partial charge < -0.3 is 29.9 Å². The zero-order chi connectivity index (χ0) is 54.6. The summed E-state index contributed by atoms with van der Waals surface area (Å²) < 4.78 is 15.1. The molecule has 0 aliphatic carbocycles. The van der Waals surface area contributed by atoms with Crippen LogP contribution < -0.4 is 0 Å². The maximum atomic E-state index is 12.8. The number of hydrogen-bond donors (Lipinski definition) is 6. The van der Waals surface area contributed by atoms with Crippen LogP contribution >= 0.6 is 43.5 Å². The second-order valence-corrected chi connectivity index (χ2v) is 15.9. The molecule has 7 nitrogen and oxygen atoms in total. The molecule has 6 N–H and O–H groups in total. The van der Waals surface area contributed by atoms with Gasteiger partial charge in [0.05, 0.1) is 6.57 Å². The molecule has 6 aromatic carbocycles. The van der Waals surface area contributed by atoms with Gasteiger partial charge in [0.2, 0.25) is 0 Å². The molecule has 386 valence electrons. The normalized spacial score (nSPS) is 9.15. The fourth-order valence-electron chi connectivity index (χ4n) is 6.44. The number of nitrogens with one attached hydrogen (secondary N) is 6. The third kappa shape index (κ3) is 20.7. The van der Waals surface area contributed by atoms with Gasteiger partial charge in [-0.25, -0.2) is 9.24 Å². The highest BCUT2D eigenvalue weighted by atomic mass is 79.9. The molecule has 0 spiro atoms. The van der Waals surface area contributed by atoms with Crippen LogP contribution in [0.5, 0.6) is 0 Å². The molecule has 0 fully saturated rings. The van der Waals surface area contributed by atoms with E-state index in [2.05, 4.69) is 128 Å². The van der Waals surface area contributed by atoms with Crippen molar-refractivity contribution in [1.29, 1.82) is 0 Å². The molecule has 0 atom stereocenters. The summed E-state index contributed by atoms with van der Waals surface area (Å²) in [6.07, 6.45) is 11.3. The van der Waals surface area contributed by atoms with E-state index in [1.807, 2.05) is 187 Å². The van der Waals surface area contributed by atoms with E-state index < -0.39 is 0 Å². The second kappa shape index (κ2) is 37.9. The summed E-state index contributed by atoms with van der Waals surface area (Å²) in [5.41, 5.74) is 8.59. The Kier molecular flexibility index (Phi) is 33.4. The number of rotatable bonds is 0. The molecule has 0 saturated carbocycles. The molecule has 0 aliphatic rings. The quantitative estimate of drug-likeness (QED) is 0.0816. The Balaban J connectivity index is 0.000000420. The number of halogens is 4. The molecule has 11 heteroatoms. The average molecular weight is 1130 g/mol. The number of aryl methyl sites for hydroxylation is 1. The lowest BCUT2D eigenvalue weighted by Crippen LogP contribution is -1.72. The molecule has 0 bridgehead atoms. The van der Waals surface area contributed by atoms with Crippen LogP contribution in [0.2, 0.25) is 5.02 Å². The number of H-pyrrole nitrogens is 6. The highest BCUT2D eigenvalue weighted by molar-refractivity contribution is 9.11. The first-order valence-corrected chi connectivity index (χ1v) is 27.1. The Morgan fingerprint density at radius 1 is 0.411 bits per heavy atom. The van der Waals surface area contributed by atoms with Gasteiger partial charge in [-0.3, -0.25) is 0 Å². The van der Waals surface area contributed by atoms with E-state index >= 15 is 0 Å². The van der Waals surface area contributed by atoms with Gasteiger partial charge in [-0.05, 0) is 132 Å². The van der Waals surface area contributed by atoms with Crippen molar-refractivity contribution in [2.24, 2.45) is 0 Å². The zero-order valence-corrected chi connectivity index (χ0v) is 48.7. The molecule has 0 aliphatic heterocycles. The van der Waals surface area contributed by atoms with Gasteiger partial charge in [0.1, 0.15) is 5.82 Å². The van der Waals surface area contributed by atoms with Crippen molar-refractivity contribution in [3.05, 3.63) is 220 Å². The van der Waals surface area contributed by atoms with Gasteiger partial charge in [-0.15, -0.1) is 0 Å². The maximum absolute atomic E-state index is 12.8. The molecular formula is C62H75Br2ClFN7. The van der Waals surface area contributed by atoms with Crippen molar-refractivity contribution in [3.8, 4) is 0 Å². The van der Waals surface area contributed by atoms with E-state index in [-0.39, 0.29) is 5.82 Å². The number of hydrogen-bond acceptors (Lipinski definition) is 0. The van der Waals surface area contributed by atoms with Gasteiger partial charge >= 0.3 is 0 Å². The van der Waals surface area contributed by atoms with E-state index in [9.17, 15) is 4.39 Å². The fraction of sp³-hybridized carbons (Fsp3) is 0.210. The smallest absolute Gasteiger partial charge is 0.187 e. The Morgan fingerprint density at radius 3 is 1.40 bits per heavy atom. The molecule has 0 unspecified atom stereocenters. The first-order chi connectivity index (χ1) is 35.7. The summed E-state index contributed by atoms with van der Waals surface area (Å²) in [5.74, 6) is -0.168. The van der Waals surface area contributed by atoms with Gasteiger partial charge in [0.15, 0.2) is 5.69 Å². The first-order valence-electron chi connectivity index (χ1n) is 25.1. The van der Waals surface area contributed by atoms with Crippen LogP contribution in [0.25, 0.3) is 70.3 Å². The Morgan fingerprint density at radius 2 is 0.849 bits per heavy atom. The third-order valence-corrected chi connectivity index (χ3v) is 11.0. The molecule has 12 aromatic rings. The van der Waals surface area contributed by atoms with Gasteiger partial charge in [-0.2, -0.15) is 0 Å². The Hall–Kier alpha value is -6.77. The molecule has 0 saturated heterocycles. The third-order valence-electron chi connectivity index (χ3n) is 9.52. The molecule has 0 amide bonds. The minimum Gasteiger partial charge on any atom is -0.361 e. The van der Waals surface area contributed by atoms with Gasteiger partial charge in [0, 0.05) is 100 Å². The van der Waals surface area contributed by atoms with E-state index in [4.69, 9.17) is 18.2 Å². The van der Waals surface area contributed by atoms with Crippen LogP contribution in [0.3, 0.4) is 0 Å². The second-order valence-electron chi connectivity index (χ2n) is 13.7. The molecule has 0 radical (unpaired) electrons. The number of aromatic nitrogens is 6. The number of benzene rings is 6. The van der Waals surface area contributed by atoms with Gasteiger partial charge in [-0.1, -0.05) is 169 Å². The van der Waals surface area contributed by atoms with Crippen LogP contribution in [0.4, 0.5) is 10.1 Å². The highest BCUT2D eigenvalue weighted by Crippen LogP contribution is 2.23. The standard InChI is InChI=1S/C9H6N2.C9H9N.2C8H6BrN.C8H6ClN.C8H6FN.6C2H6/c1-10-8-2-3-9-7(6-8)4-5-11-9;1-7-2-3-9-8(6-7)4-5-10-9;9-7-2-1-6-3-4-10-8(6)5-7;3*9-7-2-1-3-8-6(7)4-5-10-8;6*1-2/h2-6,11H;2-6,10H,1H3;4*1-5,10H;6*1-2H3. The van der Waals surface area contributed by atoms with Crippen LogP contribution in [0.1, 0.15) is 88.6 Å². The maximum Gasteiger partial charge on any atom is 0.187 e. The molecule has 12 rings (SSSR count). The molecule has 6 aromatic heterocycles. The summed E-state index contributed by atoms with van der Waals surface area (Å²) in [6, 6.07) is 46.9. The topological polar surface area (TPSA) is 99.1 Å². The average Bonchev–Trinajstić information content (AvgIpc) is 4.32. The minimum atomic E-state index is -0.168. The predicted molar refractivity (Wildman–Crippen MR) is 329 cm³/mol. The van der Waals surface area contributed by atoms with Crippen LogP contribution in [-0.2, 0) is 0 Å². The summed E-state index contributed by atoms with van der Waals surface area (Å²) >= 11 is 12.7. The van der Waals surface area contributed by atoms with Crippen molar-refractivity contribution in [2.45, 2.75) is 90.0 Å². The Labute approximate surface area is 455 Å². The SMILES string of the molecule is Brc1ccc2cc[nH]c2c1.Brc1cccc2[nH]ccc12.CC.CC.CC.CC.CC.CC.Cc1ccc2[nH]ccc2c1.Clc1cccc2[nH]ccc12.Fc1cccc2[nH]ccc12.[C-]#[N+]c1ccc2[nH]ccc2c1. The molecular weight excluding hydrogens is 1060 g/mol. The molecule has 6 heterocycles. The van der Waals surface area contributed by atoms with E-state index in [1.165, 1.54) is 44.3 Å². The van der Waals surface area contributed by atoms with Gasteiger partial charge in [0.25, 0.3) is 0 Å². The van der Waals surface area contributed by atoms with Crippen molar-refractivity contribution >= 4 is 115 Å². The fourth-order valence-corrected chi connectivity index (χ4v) is 7.54. The summed E-state index contributed by atoms with van der Waals surface area (Å²) in [7, 11) is 0. The first kappa shape index (κ1) is 64.2. The number of fused-ring (bicyclic) bond motifs is 6. The minimum absolute atomic E-state index is 0.168. The lowest BCUT2D eigenvalue weighted by Gasteiger charge is -1.90. The lowest BCUT2D eigenvalue weighted by atomic mass is 10.2. The largest absolute Gasteiger partial charge is 0.361 e. The van der Waals surface area contributed by atoms with Crippen molar-refractivity contribution in [3.63, 3.8) is 0 Å². The van der Waals surface area contributed by atoms with Crippen LogP contribution in [-0.4, -0.2) is 29.9 Å². The zero-order valence-electron chi connectivity index (χ0n) is 44.8. The summed E-state index contributed by atoms with van der Waals surface area (Å²) in [5, 5.41) is 7.43. The predicted octanol–water partition coefficient (Wildman–Crippen LogP) is 22.3. The summed E-state index contributed by atoms with van der Waals surface area (Å²) in [4.78, 5) is 21.8. The van der Waals surface area contributed by atoms with Crippen molar-refractivity contribution in [1.82, 2.24) is 29.9 Å². The Bertz CT molecular complexity index is 3080. The lowest BCUT2D eigenvalue weighted by molar-refractivity contribution is 0.640. The molecule has 73 heavy (non-hydrogen) atoms. The van der Waals surface area contributed by atoms with E-state index in [0.717, 1.165) is 41.3 Å². The van der Waals surface area contributed by atoms with Crippen LogP contribution in [0.15, 0.2) is 192 Å². The highest BCUT2D eigenvalue weighted by Gasteiger charge is 1.99. The number of aromatic amines is 6. The summed E-state index contributed by atoms with van der Waals surface area (Å²) in [6.45, 7) is 32.9. The number of nitrogens with zero attached hydrogens (tertiary/aromatic N) is 1. The van der Waals surface area contributed by atoms with Crippen LogP contribution in [0, 0.1) is 19.3 Å². The van der Waals surface area contributed by atoms with E-state index in [0.29, 0.717) is 11.1 Å². The van der Waals surface area contributed by atoms with E-state index in [1.54, 1.807) is 18.3 Å². The van der Waals surface area contributed by atoms with Crippen molar-refractivity contribution in [2.75, 3.05) is 0 Å².